The van der Waals surface area contributed by atoms with Gasteiger partial charge in [-0.25, -0.2) is 14.2 Å². The molecule has 1 fully saturated rings. The van der Waals surface area contributed by atoms with Crippen molar-refractivity contribution in [2.75, 3.05) is 19.7 Å². The molecule has 0 bridgehead atoms. The summed E-state index contributed by atoms with van der Waals surface area (Å²) < 4.78 is 18.9. The Morgan fingerprint density at radius 3 is 3.17 bits per heavy atom. The lowest BCUT2D eigenvalue weighted by molar-refractivity contribution is -0.0155. The van der Waals surface area contributed by atoms with Gasteiger partial charge in [0.1, 0.15) is 11.9 Å². The van der Waals surface area contributed by atoms with Crippen LogP contribution in [0.25, 0.3) is 0 Å². The first-order valence-electron chi connectivity index (χ1n) is 7.10. The Kier molecular flexibility index (Phi) is 5.09. The van der Waals surface area contributed by atoms with Gasteiger partial charge in [-0.2, -0.15) is 0 Å². The maximum Gasteiger partial charge on any atom is 0.317 e. The number of ether oxygens (including phenoxy) is 1. The fourth-order valence-corrected chi connectivity index (χ4v) is 3.10. The summed E-state index contributed by atoms with van der Waals surface area (Å²) in [6.07, 6.45) is -0.313. The van der Waals surface area contributed by atoms with E-state index in [4.69, 9.17) is 16.3 Å². The highest BCUT2D eigenvalue weighted by molar-refractivity contribution is 7.07. The van der Waals surface area contributed by atoms with Crippen LogP contribution in [0.5, 0.6) is 0 Å². The Bertz CT molecular complexity index is 683. The van der Waals surface area contributed by atoms with Crippen molar-refractivity contribution >= 4 is 29.0 Å². The molecule has 1 N–H and O–H groups in total. The van der Waals surface area contributed by atoms with Crippen molar-refractivity contribution in [3.05, 3.63) is 51.2 Å². The molecule has 23 heavy (non-hydrogen) atoms. The summed E-state index contributed by atoms with van der Waals surface area (Å²) in [5.74, 6) is -0.468. The molecule has 3 rings (SSSR count). The van der Waals surface area contributed by atoms with Crippen LogP contribution in [0, 0.1) is 5.82 Å². The zero-order chi connectivity index (χ0) is 16.2. The Labute approximate surface area is 142 Å². The summed E-state index contributed by atoms with van der Waals surface area (Å²) in [6.45, 7) is 1.72. The molecule has 1 atom stereocenters. The van der Waals surface area contributed by atoms with Gasteiger partial charge in [0.2, 0.25) is 0 Å². The van der Waals surface area contributed by atoms with Gasteiger partial charge in [0.15, 0.2) is 0 Å². The van der Waals surface area contributed by atoms with E-state index in [1.807, 2.05) is 5.38 Å². The van der Waals surface area contributed by atoms with Crippen LogP contribution in [-0.2, 0) is 11.3 Å². The number of carbonyl (C=O) groups excluding carboxylic acids is 1. The Morgan fingerprint density at radius 1 is 1.57 bits per heavy atom. The molecule has 1 aliphatic heterocycles. The SMILES string of the molecule is O=C(NCc1cscn1)N1CCO[C@H](c2ccc(F)c(Cl)c2)C1. The third-order valence-electron chi connectivity index (χ3n) is 3.57. The number of urea groups is 1. The highest BCUT2D eigenvalue weighted by Crippen LogP contribution is 2.26. The molecule has 0 aliphatic carbocycles. The molecule has 1 aromatic carbocycles. The predicted molar refractivity (Wildman–Crippen MR) is 86.0 cm³/mol. The van der Waals surface area contributed by atoms with E-state index < -0.39 is 5.82 Å². The van der Waals surface area contributed by atoms with Gasteiger partial charge in [-0.05, 0) is 17.7 Å². The van der Waals surface area contributed by atoms with Gasteiger partial charge in [-0.1, -0.05) is 17.7 Å². The Morgan fingerprint density at radius 2 is 2.43 bits per heavy atom. The van der Waals surface area contributed by atoms with Crippen LogP contribution in [0.2, 0.25) is 5.02 Å². The van der Waals surface area contributed by atoms with E-state index in [1.54, 1.807) is 16.5 Å². The molecule has 0 radical (unpaired) electrons. The maximum absolute atomic E-state index is 13.3. The molecule has 1 aliphatic rings. The number of hydrogen-bond donors (Lipinski definition) is 1. The largest absolute Gasteiger partial charge is 0.370 e. The van der Waals surface area contributed by atoms with Gasteiger partial charge in [-0.15, -0.1) is 11.3 Å². The quantitative estimate of drug-likeness (QED) is 0.919. The molecule has 0 saturated carbocycles. The number of carbonyl (C=O) groups is 1. The molecule has 5 nitrogen and oxygen atoms in total. The molecule has 122 valence electrons. The van der Waals surface area contributed by atoms with Crippen molar-refractivity contribution in [1.82, 2.24) is 15.2 Å². The molecule has 2 heterocycles. The smallest absolute Gasteiger partial charge is 0.317 e. The summed E-state index contributed by atoms with van der Waals surface area (Å²) >= 11 is 7.30. The van der Waals surface area contributed by atoms with E-state index in [2.05, 4.69) is 10.3 Å². The standard InChI is InChI=1S/C15H15ClFN3O2S/c16-12-5-10(1-2-13(12)17)14-7-20(3-4-22-14)15(21)18-6-11-8-23-9-19-11/h1-2,5,8-9,14H,3-4,6-7H2,(H,18,21)/t14-/m0/s1. The molecular weight excluding hydrogens is 341 g/mol. The monoisotopic (exact) mass is 355 g/mol. The number of benzene rings is 1. The molecule has 2 amide bonds. The number of hydrogen-bond acceptors (Lipinski definition) is 4. The molecule has 1 aromatic heterocycles. The first-order chi connectivity index (χ1) is 11.1. The summed E-state index contributed by atoms with van der Waals surface area (Å²) in [5.41, 5.74) is 3.32. The second kappa shape index (κ2) is 7.25. The topological polar surface area (TPSA) is 54.5 Å². The average Bonchev–Trinajstić information content (AvgIpc) is 3.09. The van der Waals surface area contributed by atoms with Crippen LogP contribution in [0.4, 0.5) is 9.18 Å². The molecule has 0 unspecified atom stereocenters. The molecular formula is C15H15ClFN3O2S. The van der Waals surface area contributed by atoms with Crippen molar-refractivity contribution in [2.45, 2.75) is 12.6 Å². The molecule has 2 aromatic rings. The Hall–Kier alpha value is -1.70. The van der Waals surface area contributed by atoms with Gasteiger partial charge in [-0.3, -0.25) is 0 Å². The number of thiazole rings is 1. The van der Waals surface area contributed by atoms with Crippen molar-refractivity contribution in [2.24, 2.45) is 0 Å². The third-order valence-corrected chi connectivity index (χ3v) is 4.50. The minimum Gasteiger partial charge on any atom is -0.370 e. The third kappa shape index (κ3) is 3.99. The second-order valence-corrected chi connectivity index (χ2v) is 6.24. The number of amides is 2. The van der Waals surface area contributed by atoms with Gasteiger partial charge in [0.05, 0.1) is 35.9 Å². The summed E-state index contributed by atoms with van der Waals surface area (Å²) in [5, 5.41) is 4.78. The molecule has 0 spiro atoms. The number of rotatable bonds is 3. The van der Waals surface area contributed by atoms with E-state index in [9.17, 15) is 9.18 Å². The minimum atomic E-state index is -0.468. The lowest BCUT2D eigenvalue weighted by atomic mass is 10.1. The fraction of sp³-hybridized carbons (Fsp3) is 0.333. The summed E-state index contributed by atoms with van der Waals surface area (Å²) in [7, 11) is 0. The van der Waals surface area contributed by atoms with Crippen LogP contribution in [0.15, 0.2) is 29.1 Å². The zero-order valence-electron chi connectivity index (χ0n) is 12.2. The van der Waals surface area contributed by atoms with Gasteiger partial charge in [0.25, 0.3) is 0 Å². The van der Waals surface area contributed by atoms with Crippen molar-refractivity contribution in [1.29, 1.82) is 0 Å². The summed E-state index contributed by atoms with van der Waals surface area (Å²) in [4.78, 5) is 18.0. The molecule has 8 heteroatoms. The fourth-order valence-electron chi connectivity index (χ4n) is 2.35. The first kappa shape index (κ1) is 16.2. The van der Waals surface area contributed by atoms with E-state index in [1.165, 1.54) is 23.5 Å². The Balaban J connectivity index is 1.60. The predicted octanol–water partition coefficient (Wildman–Crippen LogP) is 3.22. The van der Waals surface area contributed by atoms with Crippen molar-refractivity contribution in [3.63, 3.8) is 0 Å². The zero-order valence-corrected chi connectivity index (χ0v) is 13.7. The van der Waals surface area contributed by atoms with Crippen LogP contribution in [0.3, 0.4) is 0 Å². The lowest BCUT2D eigenvalue weighted by Crippen LogP contribution is -2.47. The normalized spacial score (nSPS) is 18.0. The van der Waals surface area contributed by atoms with Gasteiger partial charge >= 0.3 is 6.03 Å². The average molecular weight is 356 g/mol. The maximum atomic E-state index is 13.3. The minimum absolute atomic E-state index is 0.0520. The van der Waals surface area contributed by atoms with E-state index in [-0.39, 0.29) is 17.2 Å². The second-order valence-electron chi connectivity index (χ2n) is 5.12. The highest BCUT2D eigenvalue weighted by Gasteiger charge is 2.25. The van der Waals surface area contributed by atoms with E-state index >= 15 is 0 Å². The van der Waals surface area contributed by atoms with Gasteiger partial charge in [0, 0.05) is 11.9 Å². The lowest BCUT2D eigenvalue weighted by Gasteiger charge is -2.33. The molecule has 1 saturated heterocycles. The number of aromatic nitrogens is 1. The van der Waals surface area contributed by atoms with Gasteiger partial charge < -0.3 is 15.0 Å². The van der Waals surface area contributed by atoms with Crippen molar-refractivity contribution in [3.8, 4) is 0 Å². The number of nitrogens with zero attached hydrogens (tertiary/aromatic N) is 2. The number of halogens is 2. The van der Waals surface area contributed by atoms with Crippen molar-refractivity contribution < 1.29 is 13.9 Å². The van der Waals surface area contributed by atoms with Crippen LogP contribution < -0.4 is 5.32 Å². The van der Waals surface area contributed by atoms with Crippen LogP contribution >= 0.6 is 22.9 Å². The first-order valence-corrected chi connectivity index (χ1v) is 8.42. The van der Waals surface area contributed by atoms with E-state index in [0.29, 0.717) is 26.2 Å². The number of morpholine rings is 1. The van der Waals surface area contributed by atoms with Crippen LogP contribution in [0.1, 0.15) is 17.4 Å². The van der Waals surface area contributed by atoms with Crippen LogP contribution in [-0.4, -0.2) is 35.6 Å². The van der Waals surface area contributed by atoms with E-state index in [0.717, 1.165) is 11.3 Å². The highest BCUT2D eigenvalue weighted by atomic mass is 35.5. The summed E-state index contributed by atoms with van der Waals surface area (Å²) in [6, 6.07) is 4.31. The number of nitrogens with one attached hydrogen (secondary N) is 1.